The van der Waals surface area contributed by atoms with E-state index in [-0.39, 0.29) is 30.4 Å². The van der Waals surface area contributed by atoms with Gasteiger partial charge in [-0.15, -0.1) is 0 Å². The molecule has 0 unspecified atom stereocenters. The second-order valence-electron chi connectivity index (χ2n) is 8.93. The van der Waals surface area contributed by atoms with Crippen LogP contribution < -0.4 is 20.7 Å². The molecule has 3 rings (SSSR count). The number of amides is 2. The van der Waals surface area contributed by atoms with Gasteiger partial charge in [0.15, 0.2) is 6.61 Å². The molecule has 0 aliphatic rings. The number of hydrogen-bond acceptors (Lipinski definition) is 4. The van der Waals surface area contributed by atoms with E-state index in [9.17, 15) is 9.59 Å². The lowest BCUT2D eigenvalue weighted by Crippen LogP contribution is -2.28. The highest BCUT2D eigenvalue weighted by Gasteiger charge is 2.13. The molecule has 0 aliphatic heterocycles. The maximum absolute atomic E-state index is 12.3. The Hall–Kier alpha value is -2.91. The Morgan fingerprint density at radius 2 is 1.41 bits per heavy atom. The molecule has 34 heavy (non-hydrogen) atoms. The molecule has 0 bridgehead atoms. The molecule has 0 aliphatic carbocycles. The summed E-state index contributed by atoms with van der Waals surface area (Å²) in [6, 6.07) is 22.9. The normalized spacial score (nSPS) is 11.1. The first kappa shape index (κ1) is 25.7. The first-order valence-electron chi connectivity index (χ1n) is 11.1. The number of rotatable bonds is 9. The average Bonchev–Trinajstić information content (AvgIpc) is 2.80. The number of benzene rings is 3. The van der Waals surface area contributed by atoms with Crippen molar-refractivity contribution in [2.75, 3.05) is 23.8 Å². The molecule has 0 spiro atoms. The molecular formula is C27H30IN3O3. The van der Waals surface area contributed by atoms with Crippen LogP contribution in [0.3, 0.4) is 0 Å². The summed E-state index contributed by atoms with van der Waals surface area (Å²) in [6.45, 7) is 6.95. The van der Waals surface area contributed by atoms with E-state index in [0.717, 1.165) is 20.5 Å². The van der Waals surface area contributed by atoms with Gasteiger partial charge in [0.1, 0.15) is 5.75 Å². The number of hydrogen-bond donors (Lipinski definition) is 3. The zero-order chi connectivity index (χ0) is 24.6. The third kappa shape index (κ3) is 8.14. The van der Waals surface area contributed by atoms with Gasteiger partial charge in [-0.1, -0.05) is 51.1 Å². The van der Waals surface area contributed by atoms with Crippen molar-refractivity contribution in [3.05, 3.63) is 87.5 Å². The van der Waals surface area contributed by atoms with Crippen LogP contribution in [0.25, 0.3) is 0 Å². The Labute approximate surface area is 214 Å². The van der Waals surface area contributed by atoms with Crippen LogP contribution in [0, 0.1) is 3.57 Å². The maximum atomic E-state index is 12.3. The fraction of sp³-hybridized carbons (Fsp3) is 0.259. The standard InChI is InChI=1S/C27H30IN3O3/c1-27(2,3)20-8-12-22(13-9-20)30-25(32)17-29-16-19-6-4-5-7-24(19)34-18-26(33)31-23-14-10-21(28)11-15-23/h4-15,29H,16-18H2,1-3H3,(H,30,32)(H,31,33). The third-order valence-electron chi connectivity index (χ3n) is 5.10. The van der Waals surface area contributed by atoms with Gasteiger partial charge in [0, 0.05) is 27.1 Å². The largest absolute Gasteiger partial charge is 0.483 e. The topological polar surface area (TPSA) is 79.5 Å². The average molecular weight is 571 g/mol. The van der Waals surface area contributed by atoms with Gasteiger partial charge in [-0.05, 0) is 76.0 Å². The van der Waals surface area contributed by atoms with E-state index >= 15 is 0 Å². The van der Waals surface area contributed by atoms with Gasteiger partial charge < -0.3 is 20.7 Å². The van der Waals surface area contributed by atoms with Crippen molar-refractivity contribution in [3.8, 4) is 5.75 Å². The number of carbonyl (C=O) groups excluding carboxylic acids is 2. The number of para-hydroxylation sites is 1. The van der Waals surface area contributed by atoms with Crippen LogP contribution in [0.2, 0.25) is 0 Å². The molecule has 3 N–H and O–H groups in total. The van der Waals surface area contributed by atoms with Crippen molar-refractivity contribution < 1.29 is 14.3 Å². The molecule has 0 atom stereocenters. The molecule has 0 saturated carbocycles. The summed E-state index contributed by atoms with van der Waals surface area (Å²) in [4.78, 5) is 24.5. The number of anilines is 2. The van der Waals surface area contributed by atoms with Gasteiger partial charge in [-0.2, -0.15) is 0 Å². The molecule has 178 valence electrons. The minimum absolute atomic E-state index is 0.0701. The van der Waals surface area contributed by atoms with Crippen molar-refractivity contribution in [2.45, 2.75) is 32.7 Å². The lowest BCUT2D eigenvalue weighted by molar-refractivity contribution is -0.118. The summed E-state index contributed by atoms with van der Waals surface area (Å²) >= 11 is 2.21. The first-order chi connectivity index (χ1) is 16.2. The molecule has 7 heteroatoms. The van der Waals surface area contributed by atoms with Crippen LogP contribution >= 0.6 is 22.6 Å². The second kappa shape index (κ2) is 12.0. The van der Waals surface area contributed by atoms with Crippen LogP contribution in [0.4, 0.5) is 11.4 Å². The van der Waals surface area contributed by atoms with E-state index < -0.39 is 0 Å². The molecular weight excluding hydrogens is 541 g/mol. The minimum atomic E-state index is -0.235. The summed E-state index contributed by atoms with van der Waals surface area (Å²) in [5.41, 5.74) is 3.64. The fourth-order valence-electron chi connectivity index (χ4n) is 3.23. The van der Waals surface area contributed by atoms with Crippen molar-refractivity contribution in [1.29, 1.82) is 0 Å². The van der Waals surface area contributed by atoms with Crippen molar-refractivity contribution in [3.63, 3.8) is 0 Å². The fourth-order valence-corrected chi connectivity index (χ4v) is 3.59. The quantitative estimate of drug-likeness (QED) is 0.304. The highest BCUT2D eigenvalue weighted by molar-refractivity contribution is 14.1. The summed E-state index contributed by atoms with van der Waals surface area (Å²) in [7, 11) is 0. The van der Waals surface area contributed by atoms with Crippen molar-refractivity contribution in [1.82, 2.24) is 5.32 Å². The molecule has 0 heterocycles. The summed E-state index contributed by atoms with van der Waals surface area (Å²) in [5, 5.41) is 8.86. The Kier molecular flexibility index (Phi) is 9.06. The zero-order valence-electron chi connectivity index (χ0n) is 19.7. The van der Waals surface area contributed by atoms with E-state index in [1.807, 2.05) is 72.8 Å². The number of carbonyl (C=O) groups is 2. The molecule has 0 fully saturated rings. The van der Waals surface area contributed by atoms with E-state index in [1.165, 1.54) is 5.56 Å². The predicted molar refractivity (Wildman–Crippen MR) is 145 cm³/mol. The number of halogens is 1. The lowest BCUT2D eigenvalue weighted by Gasteiger charge is -2.19. The number of nitrogens with one attached hydrogen (secondary N) is 3. The first-order valence-corrected chi connectivity index (χ1v) is 12.2. The van der Waals surface area contributed by atoms with Gasteiger partial charge >= 0.3 is 0 Å². The van der Waals surface area contributed by atoms with Crippen molar-refractivity contribution in [2.24, 2.45) is 0 Å². The smallest absolute Gasteiger partial charge is 0.262 e. The highest BCUT2D eigenvalue weighted by atomic mass is 127. The monoisotopic (exact) mass is 571 g/mol. The van der Waals surface area contributed by atoms with Gasteiger partial charge in [-0.25, -0.2) is 0 Å². The van der Waals surface area contributed by atoms with E-state index in [4.69, 9.17) is 4.74 Å². The summed E-state index contributed by atoms with van der Waals surface area (Å²) in [6.07, 6.45) is 0. The molecule has 3 aromatic rings. The van der Waals surface area contributed by atoms with Crippen LogP contribution in [0.5, 0.6) is 5.75 Å². The third-order valence-corrected chi connectivity index (χ3v) is 5.81. The van der Waals surface area contributed by atoms with Crippen LogP contribution in [-0.4, -0.2) is 25.0 Å². The highest BCUT2D eigenvalue weighted by Crippen LogP contribution is 2.23. The number of ether oxygens (including phenoxy) is 1. The van der Waals surface area contributed by atoms with Gasteiger partial charge in [0.25, 0.3) is 5.91 Å². The molecule has 0 saturated heterocycles. The Morgan fingerprint density at radius 3 is 2.06 bits per heavy atom. The summed E-state index contributed by atoms with van der Waals surface area (Å²) in [5.74, 6) is 0.241. The van der Waals surface area contributed by atoms with Crippen LogP contribution in [0.15, 0.2) is 72.8 Å². The van der Waals surface area contributed by atoms with Crippen LogP contribution in [-0.2, 0) is 21.5 Å². The van der Waals surface area contributed by atoms with Crippen LogP contribution in [0.1, 0.15) is 31.9 Å². The Morgan fingerprint density at radius 1 is 0.824 bits per heavy atom. The summed E-state index contributed by atoms with van der Waals surface area (Å²) < 4.78 is 6.83. The lowest BCUT2D eigenvalue weighted by atomic mass is 9.87. The van der Waals surface area contributed by atoms with Crippen molar-refractivity contribution >= 4 is 45.8 Å². The molecule has 0 radical (unpaired) electrons. The second-order valence-corrected chi connectivity index (χ2v) is 10.2. The molecule has 2 amide bonds. The van der Waals surface area contributed by atoms with Gasteiger partial charge in [-0.3, -0.25) is 9.59 Å². The molecule has 0 aromatic heterocycles. The SMILES string of the molecule is CC(C)(C)c1ccc(NC(=O)CNCc2ccccc2OCC(=O)Nc2ccc(I)cc2)cc1. The molecule has 6 nitrogen and oxygen atoms in total. The Bertz CT molecular complexity index is 1110. The zero-order valence-corrected chi connectivity index (χ0v) is 21.8. The van der Waals surface area contributed by atoms with E-state index in [1.54, 1.807) is 0 Å². The molecule has 3 aromatic carbocycles. The van der Waals surface area contributed by atoms with Gasteiger partial charge in [0.2, 0.25) is 5.91 Å². The Balaban J connectivity index is 1.45. The minimum Gasteiger partial charge on any atom is -0.483 e. The van der Waals surface area contributed by atoms with E-state index in [2.05, 4.69) is 59.3 Å². The van der Waals surface area contributed by atoms with E-state index in [0.29, 0.717) is 12.3 Å². The maximum Gasteiger partial charge on any atom is 0.262 e. The predicted octanol–water partition coefficient (Wildman–Crippen LogP) is 5.33. The van der Waals surface area contributed by atoms with Gasteiger partial charge in [0.05, 0.1) is 6.54 Å².